The molecule has 0 fully saturated rings. The van der Waals surface area contributed by atoms with Gasteiger partial charge >= 0.3 is 0 Å². The minimum absolute atomic E-state index is 0.315. The lowest BCUT2D eigenvalue weighted by molar-refractivity contribution is 0.669. The average Bonchev–Trinajstić information content (AvgIpc) is 3.54. The van der Waals surface area contributed by atoms with Crippen LogP contribution in [0.4, 0.5) is 0 Å². The zero-order valence-corrected chi connectivity index (χ0v) is 26.5. The van der Waals surface area contributed by atoms with Crippen LogP contribution in [0.1, 0.15) is 22.9 Å². The standard InChI is InChI=1S/C45H29N3O/c1-2-12-30(13-3-1)43-46-44(36-21-19-29-11-5-7-15-32(29)25-36)48-45(47-43)38-23-22-37(35-20-18-28-10-4-6-14-31(28)24-35)42-41(38)39-26-33-16-8-9-17-34(33)27-40(39)49-42/h1-27,43H,(H,46,47,48). The van der Waals surface area contributed by atoms with Gasteiger partial charge in [0.2, 0.25) is 0 Å². The van der Waals surface area contributed by atoms with E-state index in [4.69, 9.17) is 14.4 Å². The van der Waals surface area contributed by atoms with Crippen LogP contribution in [0.2, 0.25) is 0 Å². The Bertz CT molecular complexity index is 2810. The summed E-state index contributed by atoms with van der Waals surface area (Å²) in [6, 6.07) is 57.5. The number of amidine groups is 2. The third-order valence-corrected chi connectivity index (χ3v) is 9.67. The topological polar surface area (TPSA) is 49.9 Å². The van der Waals surface area contributed by atoms with Gasteiger partial charge in [-0.3, -0.25) is 0 Å². The predicted octanol–water partition coefficient (Wildman–Crippen LogP) is 11.2. The summed E-state index contributed by atoms with van der Waals surface area (Å²) in [6.45, 7) is 0. The van der Waals surface area contributed by atoms with Gasteiger partial charge < -0.3 is 9.73 Å². The van der Waals surface area contributed by atoms with Crippen LogP contribution in [-0.4, -0.2) is 11.7 Å². The fourth-order valence-corrected chi connectivity index (χ4v) is 7.20. The molecule has 1 aromatic heterocycles. The summed E-state index contributed by atoms with van der Waals surface area (Å²) in [4.78, 5) is 10.4. The van der Waals surface area contributed by atoms with Gasteiger partial charge in [0.1, 0.15) is 23.2 Å². The van der Waals surface area contributed by atoms with Crippen LogP contribution in [0, 0.1) is 0 Å². The molecule has 1 aliphatic rings. The third-order valence-electron chi connectivity index (χ3n) is 9.67. The smallest absolute Gasteiger partial charge is 0.159 e. The van der Waals surface area contributed by atoms with Crippen LogP contribution >= 0.6 is 0 Å². The molecule has 4 nitrogen and oxygen atoms in total. The van der Waals surface area contributed by atoms with Gasteiger partial charge in [0.05, 0.1) is 0 Å². The summed E-state index contributed by atoms with van der Waals surface area (Å²) in [5.74, 6) is 1.45. The van der Waals surface area contributed by atoms with Crippen LogP contribution in [0.5, 0.6) is 0 Å². The Morgan fingerprint density at radius 3 is 1.78 bits per heavy atom. The Balaban J connectivity index is 1.22. The van der Waals surface area contributed by atoms with Gasteiger partial charge in [0, 0.05) is 27.5 Å². The molecule has 1 aliphatic heterocycles. The molecule has 0 saturated heterocycles. The number of nitrogens with zero attached hydrogens (tertiary/aromatic N) is 2. The van der Waals surface area contributed by atoms with Gasteiger partial charge in [-0.15, -0.1) is 0 Å². The number of nitrogens with one attached hydrogen (secondary N) is 1. The first kappa shape index (κ1) is 27.6. The molecule has 230 valence electrons. The van der Waals surface area contributed by atoms with Crippen LogP contribution < -0.4 is 5.32 Å². The Morgan fingerprint density at radius 2 is 1.06 bits per heavy atom. The number of rotatable bonds is 4. The van der Waals surface area contributed by atoms with Crippen LogP contribution in [0.3, 0.4) is 0 Å². The van der Waals surface area contributed by atoms with E-state index in [2.05, 4.69) is 163 Å². The highest BCUT2D eigenvalue weighted by Gasteiger charge is 2.25. The molecule has 1 atom stereocenters. The maximum atomic E-state index is 6.85. The van der Waals surface area contributed by atoms with Crippen molar-refractivity contribution in [1.82, 2.24) is 5.32 Å². The van der Waals surface area contributed by atoms with Gasteiger partial charge in [-0.1, -0.05) is 127 Å². The van der Waals surface area contributed by atoms with E-state index in [0.29, 0.717) is 5.84 Å². The molecule has 0 bridgehead atoms. The van der Waals surface area contributed by atoms with Gasteiger partial charge in [-0.05, 0) is 79.8 Å². The van der Waals surface area contributed by atoms with Crippen molar-refractivity contribution in [2.45, 2.75) is 6.17 Å². The Hall–Kier alpha value is -6.52. The molecule has 9 aromatic rings. The SMILES string of the molecule is c1ccc(C2N=C(c3ccc4ccccc4c3)N=C(c3ccc(-c4ccc5ccccc5c4)c4oc5cc6ccccc6cc5c34)N2)cc1. The zero-order chi connectivity index (χ0) is 32.3. The van der Waals surface area contributed by atoms with E-state index in [-0.39, 0.29) is 6.17 Å². The highest BCUT2D eigenvalue weighted by atomic mass is 16.3. The van der Waals surface area contributed by atoms with E-state index < -0.39 is 0 Å². The molecule has 0 radical (unpaired) electrons. The lowest BCUT2D eigenvalue weighted by atomic mass is 9.95. The number of fused-ring (bicyclic) bond motifs is 6. The van der Waals surface area contributed by atoms with Crippen LogP contribution in [0.25, 0.3) is 65.4 Å². The monoisotopic (exact) mass is 627 g/mol. The fraction of sp³-hybridized carbons (Fsp3) is 0.0222. The number of hydrogen-bond acceptors (Lipinski definition) is 4. The number of benzene rings is 8. The predicted molar refractivity (Wildman–Crippen MR) is 204 cm³/mol. The van der Waals surface area contributed by atoms with Crippen molar-refractivity contribution in [2.24, 2.45) is 9.98 Å². The summed E-state index contributed by atoms with van der Waals surface area (Å²) in [5, 5.41) is 12.9. The second-order valence-electron chi connectivity index (χ2n) is 12.7. The second-order valence-corrected chi connectivity index (χ2v) is 12.7. The first-order valence-electron chi connectivity index (χ1n) is 16.6. The van der Waals surface area contributed by atoms with E-state index in [1.807, 2.05) is 6.07 Å². The molecule has 1 unspecified atom stereocenters. The van der Waals surface area contributed by atoms with E-state index in [1.165, 1.54) is 21.5 Å². The van der Waals surface area contributed by atoms with E-state index >= 15 is 0 Å². The van der Waals surface area contributed by atoms with Crippen molar-refractivity contribution in [3.63, 3.8) is 0 Å². The quantitative estimate of drug-likeness (QED) is 0.211. The highest BCUT2D eigenvalue weighted by Crippen LogP contribution is 2.41. The molecule has 0 spiro atoms. The molecule has 0 aliphatic carbocycles. The van der Waals surface area contributed by atoms with Gasteiger partial charge in [0.25, 0.3) is 0 Å². The van der Waals surface area contributed by atoms with Gasteiger partial charge in [-0.25, -0.2) is 9.98 Å². The van der Waals surface area contributed by atoms with Crippen LogP contribution in [-0.2, 0) is 0 Å². The normalized spacial score (nSPS) is 14.7. The number of aliphatic imine (C=N–C) groups is 2. The minimum atomic E-state index is -0.315. The molecule has 1 N–H and O–H groups in total. The molecule has 2 heterocycles. The maximum Gasteiger partial charge on any atom is 0.159 e. The first-order valence-corrected chi connectivity index (χ1v) is 16.6. The molecule has 4 heteroatoms. The first-order chi connectivity index (χ1) is 24.2. The van der Waals surface area contributed by atoms with Crippen molar-refractivity contribution >= 4 is 65.9 Å². The zero-order valence-electron chi connectivity index (χ0n) is 26.5. The number of furan rings is 1. The summed E-state index contributed by atoms with van der Waals surface area (Å²) in [6.07, 6.45) is -0.315. The third kappa shape index (κ3) is 4.68. The Morgan fingerprint density at radius 1 is 0.490 bits per heavy atom. The maximum absolute atomic E-state index is 6.85. The second kappa shape index (κ2) is 11.0. The van der Waals surface area contributed by atoms with Crippen molar-refractivity contribution < 1.29 is 4.42 Å². The highest BCUT2D eigenvalue weighted by molar-refractivity contribution is 6.24. The lowest BCUT2D eigenvalue weighted by Gasteiger charge is -2.24. The molecule has 0 amide bonds. The van der Waals surface area contributed by atoms with Crippen LogP contribution in [0.15, 0.2) is 178 Å². The van der Waals surface area contributed by atoms with E-state index in [9.17, 15) is 0 Å². The summed E-state index contributed by atoms with van der Waals surface area (Å²) < 4.78 is 6.85. The fourth-order valence-electron chi connectivity index (χ4n) is 7.20. The van der Waals surface area contributed by atoms with E-state index in [1.54, 1.807) is 0 Å². The molecule has 8 aromatic carbocycles. The molecular formula is C45H29N3O. The minimum Gasteiger partial charge on any atom is -0.455 e. The average molecular weight is 628 g/mol. The Labute approximate surface area is 282 Å². The molecular weight excluding hydrogens is 599 g/mol. The van der Waals surface area contributed by atoms with Gasteiger partial charge in [0.15, 0.2) is 5.84 Å². The summed E-state index contributed by atoms with van der Waals surface area (Å²) in [5.41, 5.74) is 6.87. The summed E-state index contributed by atoms with van der Waals surface area (Å²) >= 11 is 0. The largest absolute Gasteiger partial charge is 0.455 e. The molecule has 10 rings (SSSR count). The van der Waals surface area contributed by atoms with Crippen molar-refractivity contribution in [3.05, 3.63) is 180 Å². The van der Waals surface area contributed by atoms with E-state index in [0.717, 1.165) is 66.4 Å². The number of hydrogen-bond donors (Lipinski definition) is 1. The van der Waals surface area contributed by atoms with Crippen molar-refractivity contribution in [2.75, 3.05) is 0 Å². The van der Waals surface area contributed by atoms with Crippen molar-refractivity contribution in [1.29, 1.82) is 0 Å². The van der Waals surface area contributed by atoms with Crippen molar-refractivity contribution in [3.8, 4) is 11.1 Å². The molecule has 49 heavy (non-hydrogen) atoms. The lowest BCUT2D eigenvalue weighted by Crippen LogP contribution is -2.33. The molecule has 0 saturated carbocycles. The Kier molecular flexibility index (Phi) is 6.21. The summed E-state index contributed by atoms with van der Waals surface area (Å²) in [7, 11) is 0. The van der Waals surface area contributed by atoms with Gasteiger partial charge in [-0.2, -0.15) is 0 Å².